The number of likely N-dealkylation sites (tertiary alicyclic amines) is 3. The van der Waals surface area contributed by atoms with Crippen molar-refractivity contribution in [1.29, 1.82) is 5.26 Å². The van der Waals surface area contributed by atoms with Crippen LogP contribution in [0.15, 0.2) is 71.4 Å². The highest BCUT2D eigenvalue weighted by Crippen LogP contribution is 2.49. The zero-order valence-corrected chi connectivity index (χ0v) is 32.0. The molecule has 1 amide bonds. The van der Waals surface area contributed by atoms with Gasteiger partial charge in [0.1, 0.15) is 22.7 Å². The number of rotatable bonds is 7. The highest BCUT2D eigenvalue weighted by Gasteiger charge is 2.54. The number of pyridine rings is 2. The van der Waals surface area contributed by atoms with E-state index in [2.05, 4.69) is 76.4 Å². The number of fused-ring (bicyclic) bond motifs is 3. The number of nitrogens with one attached hydrogen (secondary N) is 1. The predicted molar refractivity (Wildman–Crippen MR) is 215 cm³/mol. The van der Waals surface area contributed by atoms with Crippen molar-refractivity contribution in [2.75, 3.05) is 44.6 Å². The number of carbonyl (C=O) groups is 1. The van der Waals surface area contributed by atoms with E-state index in [1.165, 1.54) is 5.56 Å². The zero-order chi connectivity index (χ0) is 38.3. The molecule has 3 fully saturated rings. The van der Waals surface area contributed by atoms with Crippen molar-refractivity contribution >= 4 is 39.4 Å². The third kappa shape index (κ3) is 5.74. The van der Waals surface area contributed by atoms with Gasteiger partial charge in [0.05, 0.1) is 6.10 Å². The molecule has 56 heavy (non-hydrogen) atoms. The number of carbonyl (C=O) groups excluding carboxylic acids is 1. The Kier molecular flexibility index (Phi) is 8.22. The van der Waals surface area contributed by atoms with E-state index in [0.29, 0.717) is 34.9 Å². The molecule has 3 aromatic heterocycles. The normalized spacial score (nSPS) is 20.3. The lowest BCUT2D eigenvalue weighted by atomic mass is 9.72. The monoisotopic (exact) mass is 744 g/mol. The summed E-state index contributed by atoms with van der Waals surface area (Å²) in [5, 5.41) is 25.0. The van der Waals surface area contributed by atoms with Crippen LogP contribution in [0.4, 0.5) is 11.5 Å². The van der Waals surface area contributed by atoms with Gasteiger partial charge in [-0.2, -0.15) is 5.26 Å². The van der Waals surface area contributed by atoms with Crippen LogP contribution in [0.3, 0.4) is 0 Å². The number of nitrogens with zero attached hydrogens (tertiary/aromatic N) is 7. The van der Waals surface area contributed by atoms with E-state index in [4.69, 9.17) is 14.4 Å². The molecule has 11 nitrogen and oxygen atoms in total. The fourth-order valence-electron chi connectivity index (χ4n) is 9.81. The number of anilines is 2. The van der Waals surface area contributed by atoms with Crippen molar-refractivity contribution in [3.8, 4) is 28.7 Å². The molecule has 0 saturated carbocycles. The summed E-state index contributed by atoms with van der Waals surface area (Å²) >= 11 is 0. The van der Waals surface area contributed by atoms with Crippen LogP contribution in [-0.4, -0.2) is 86.0 Å². The molecule has 0 unspecified atom stereocenters. The summed E-state index contributed by atoms with van der Waals surface area (Å²) in [6, 6.07) is 21.5. The lowest BCUT2D eigenvalue weighted by Gasteiger charge is -2.61. The first-order chi connectivity index (χ1) is 27.2. The van der Waals surface area contributed by atoms with Crippen LogP contribution in [0.1, 0.15) is 59.2 Å². The number of β-amino-alcohol motifs (C(OH)–C–C–N with tert-alkyl or cyclic N) is 1. The Morgan fingerprint density at radius 1 is 1.02 bits per heavy atom. The third-order valence-corrected chi connectivity index (χ3v) is 12.7. The molecule has 3 saturated heterocycles. The molecule has 3 aromatic carbocycles. The Morgan fingerprint density at radius 2 is 1.80 bits per heavy atom. The van der Waals surface area contributed by atoms with Gasteiger partial charge < -0.3 is 19.7 Å². The topological polar surface area (TPSA) is 135 Å². The molecular weight excluding hydrogens is 701 g/mol. The summed E-state index contributed by atoms with van der Waals surface area (Å²) in [6.45, 7) is 11.9. The van der Waals surface area contributed by atoms with Gasteiger partial charge in [0, 0.05) is 93.2 Å². The molecule has 10 rings (SSSR count). The molecule has 4 aliphatic rings. The maximum Gasteiger partial charge on any atom is 0.227 e. The van der Waals surface area contributed by atoms with Crippen molar-refractivity contribution in [2.24, 2.45) is 5.41 Å². The Bertz CT molecular complexity index is 2610. The van der Waals surface area contributed by atoms with Gasteiger partial charge in [-0.05, 0) is 102 Å². The van der Waals surface area contributed by atoms with Crippen LogP contribution >= 0.6 is 0 Å². The van der Waals surface area contributed by atoms with Crippen LogP contribution in [0.5, 0.6) is 0 Å². The summed E-state index contributed by atoms with van der Waals surface area (Å²) < 4.78 is 6.50. The summed E-state index contributed by atoms with van der Waals surface area (Å²) in [7, 11) is 0. The van der Waals surface area contributed by atoms with E-state index in [1.54, 1.807) is 6.92 Å². The largest absolute Gasteiger partial charge is 0.435 e. The summed E-state index contributed by atoms with van der Waals surface area (Å²) in [5.41, 5.74) is 12.4. The van der Waals surface area contributed by atoms with Crippen molar-refractivity contribution in [3.05, 3.63) is 100 Å². The molecule has 1 spiro atoms. The van der Waals surface area contributed by atoms with Gasteiger partial charge in [-0.25, -0.2) is 9.97 Å². The van der Waals surface area contributed by atoms with Crippen LogP contribution < -0.4 is 5.32 Å². The molecule has 2 N–H and O–H groups in total. The van der Waals surface area contributed by atoms with Gasteiger partial charge in [-0.3, -0.25) is 19.6 Å². The van der Waals surface area contributed by atoms with E-state index < -0.39 is 0 Å². The van der Waals surface area contributed by atoms with Gasteiger partial charge >= 0.3 is 0 Å². The smallest absolute Gasteiger partial charge is 0.227 e. The van der Waals surface area contributed by atoms with Gasteiger partial charge in [-0.1, -0.05) is 24.3 Å². The van der Waals surface area contributed by atoms with Crippen molar-refractivity contribution in [3.63, 3.8) is 0 Å². The molecule has 282 valence electrons. The maximum absolute atomic E-state index is 11.8. The van der Waals surface area contributed by atoms with E-state index in [9.17, 15) is 15.2 Å². The Hall–Kier alpha value is -5.67. The first-order valence-electron chi connectivity index (χ1n) is 19.6. The lowest BCUT2D eigenvalue weighted by Crippen LogP contribution is -2.72. The molecule has 11 heteroatoms. The van der Waals surface area contributed by atoms with E-state index in [1.807, 2.05) is 35.5 Å². The number of nitriles is 1. The molecule has 1 aliphatic carbocycles. The number of amides is 1. The maximum atomic E-state index is 11.8. The fraction of sp³-hybridized carbons (Fsp3) is 0.356. The highest BCUT2D eigenvalue weighted by atomic mass is 16.3. The number of aliphatic hydroxyl groups is 1. The third-order valence-electron chi connectivity index (χ3n) is 12.7. The van der Waals surface area contributed by atoms with Crippen LogP contribution in [0.2, 0.25) is 0 Å². The van der Waals surface area contributed by atoms with Crippen LogP contribution in [0.25, 0.3) is 44.6 Å². The molecular formula is C45H44N8O3. The fourth-order valence-corrected chi connectivity index (χ4v) is 9.81. The van der Waals surface area contributed by atoms with Crippen molar-refractivity contribution in [1.82, 2.24) is 29.7 Å². The van der Waals surface area contributed by atoms with Gasteiger partial charge in [-0.15, -0.1) is 0 Å². The van der Waals surface area contributed by atoms with E-state index in [0.717, 1.165) is 114 Å². The number of oxazole rings is 1. The van der Waals surface area contributed by atoms with Gasteiger partial charge in [0.25, 0.3) is 0 Å². The standard InChI is InChI=1S/C45H44N8O3/c1-26-32(33-7-5-9-38(27(33)2)49-43-41-30(12-14-47-43)16-29(19-48-41)20-51-15-13-31(55)21-51)6-4-8-34(26)44-50-39-17-36-35(37(18-46)42(39)56-44)10-11-40(36)53-24-45(25-53)22-52(23-45)28(3)54/h4-9,12,14,16-17,19,31,40,55H,10-11,13,15,20-25H2,1-3H3,(H,47,49)/t31-,40-/m1/s1. The van der Waals surface area contributed by atoms with Crippen molar-refractivity contribution in [2.45, 2.75) is 58.7 Å². The van der Waals surface area contributed by atoms with E-state index >= 15 is 0 Å². The molecule has 2 atom stereocenters. The molecule has 0 bridgehead atoms. The number of aromatic nitrogens is 3. The lowest BCUT2D eigenvalue weighted by molar-refractivity contribution is -0.161. The Balaban J connectivity index is 0.923. The average Bonchev–Trinajstić information content (AvgIpc) is 3.89. The summed E-state index contributed by atoms with van der Waals surface area (Å²) in [5.74, 6) is 1.36. The second-order valence-corrected chi connectivity index (χ2v) is 16.5. The minimum Gasteiger partial charge on any atom is -0.435 e. The SMILES string of the molecule is CC(=O)N1CC2(C1)CN([C@@H]1CCc3c1cc1nc(-c4cccc(-c5cccc(Nc6nccc7cc(CN8CC[C@@H](O)C8)cnc67)c5C)c4C)oc1c3C#N)C2. The average molecular weight is 745 g/mol. The second-order valence-electron chi connectivity index (χ2n) is 16.5. The predicted octanol–water partition coefficient (Wildman–Crippen LogP) is 7.06. The first-order valence-corrected chi connectivity index (χ1v) is 19.6. The second kappa shape index (κ2) is 13.2. The number of hydrogen-bond donors (Lipinski definition) is 2. The van der Waals surface area contributed by atoms with E-state index in [-0.39, 0.29) is 23.5 Å². The number of benzene rings is 3. The molecule has 6 heterocycles. The quantitative estimate of drug-likeness (QED) is 0.175. The Morgan fingerprint density at radius 3 is 2.57 bits per heavy atom. The highest BCUT2D eigenvalue weighted by molar-refractivity contribution is 5.91. The first kappa shape index (κ1) is 34.8. The molecule has 3 aliphatic heterocycles. The minimum atomic E-state index is -0.248. The zero-order valence-electron chi connectivity index (χ0n) is 32.0. The molecule has 0 radical (unpaired) electrons. The molecule has 6 aromatic rings. The van der Waals surface area contributed by atoms with Crippen LogP contribution in [0, 0.1) is 30.6 Å². The number of hydrogen-bond acceptors (Lipinski definition) is 10. The van der Waals surface area contributed by atoms with Gasteiger partial charge in [0.2, 0.25) is 11.8 Å². The Labute approximate surface area is 325 Å². The minimum absolute atomic E-state index is 0.155. The summed E-state index contributed by atoms with van der Waals surface area (Å²) in [6.07, 6.45) is 6.11. The number of aliphatic hydroxyl groups excluding tert-OH is 1. The van der Waals surface area contributed by atoms with Crippen LogP contribution in [-0.2, 0) is 17.8 Å². The summed E-state index contributed by atoms with van der Waals surface area (Å²) in [4.78, 5) is 33.1. The van der Waals surface area contributed by atoms with Crippen molar-refractivity contribution < 1.29 is 14.3 Å². The van der Waals surface area contributed by atoms with Gasteiger partial charge in [0.15, 0.2) is 11.4 Å².